The van der Waals surface area contributed by atoms with E-state index in [4.69, 9.17) is 10.5 Å². The van der Waals surface area contributed by atoms with Gasteiger partial charge in [-0.3, -0.25) is 0 Å². The number of nitrogens with one attached hydrogen (secondary N) is 2. The molecule has 31 heavy (non-hydrogen) atoms. The van der Waals surface area contributed by atoms with E-state index in [1.54, 1.807) is 18.5 Å². The van der Waals surface area contributed by atoms with Gasteiger partial charge in [-0.15, -0.1) is 0 Å². The number of aromatic nitrogens is 5. The molecule has 0 radical (unpaired) electrons. The molecule has 3 heterocycles. The smallest absolute Gasteiger partial charge is 0.374 e. The summed E-state index contributed by atoms with van der Waals surface area (Å²) in [6.07, 6.45) is 4.84. The molecule has 10 heteroatoms. The van der Waals surface area contributed by atoms with Crippen LogP contribution in [0.25, 0.3) is 10.8 Å². The molecule has 0 bridgehead atoms. The van der Waals surface area contributed by atoms with Crippen molar-refractivity contribution in [3.63, 3.8) is 0 Å². The van der Waals surface area contributed by atoms with Gasteiger partial charge in [0, 0.05) is 24.2 Å². The van der Waals surface area contributed by atoms with Crippen LogP contribution >= 0.6 is 0 Å². The molecule has 0 fully saturated rings. The van der Waals surface area contributed by atoms with Crippen LogP contribution in [0.15, 0.2) is 36.9 Å². The molecule has 158 valence electrons. The van der Waals surface area contributed by atoms with Gasteiger partial charge in [0.25, 0.3) is 0 Å². The molecule has 0 aliphatic carbocycles. The first-order valence-corrected chi connectivity index (χ1v) is 9.52. The largest absolute Gasteiger partial charge is 0.475 e. The first-order valence-electron chi connectivity index (χ1n) is 9.52. The number of carbonyl (C=O) groups is 1. The van der Waals surface area contributed by atoms with E-state index in [1.807, 2.05) is 26.0 Å². The van der Waals surface area contributed by atoms with Crippen molar-refractivity contribution < 1.29 is 14.6 Å². The number of aromatic carboxylic acids is 1. The number of rotatable bonds is 7. The molecule has 0 amide bonds. The summed E-state index contributed by atoms with van der Waals surface area (Å²) in [5.74, 6) is -0.605. The minimum Gasteiger partial charge on any atom is -0.475 e. The summed E-state index contributed by atoms with van der Waals surface area (Å²) in [6, 6.07) is 5.50. The van der Waals surface area contributed by atoms with E-state index in [-0.39, 0.29) is 18.3 Å². The van der Waals surface area contributed by atoms with Crippen LogP contribution in [-0.2, 0) is 13.2 Å². The Bertz CT molecular complexity index is 1260. The lowest BCUT2D eigenvalue weighted by molar-refractivity contribution is 0.0682. The number of ether oxygens (including phenoxy) is 1. The van der Waals surface area contributed by atoms with Crippen molar-refractivity contribution >= 4 is 28.4 Å². The first kappa shape index (κ1) is 20.1. The normalized spacial score (nSPS) is 10.9. The molecule has 3 aromatic heterocycles. The van der Waals surface area contributed by atoms with Gasteiger partial charge in [0.15, 0.2) is 0 Å². The van der Waals surface area contributed by atoms with E-state index in [0.717, 1.165) is 33.2 Å². The molecule has 10 nitrogen and oxygen atoms in total. The third-order valence-electron chi connectivity index (χ3n) is 4.99. The van der Waals surface area contributed by atoms with Crippen molar-refractivity contribution in [1.82, 2.24) is 24.9 Å². The second-order valence-electron chi connectivity index (χ2n) is 7.03. The van der Waals surface area contributed by atoms with E-state index in [9.17, 15) is 9.90 Å². The zero-order valence-corrected chi connectivity index (χ0v) is 17.0. The minimum atomic E-state index is -1.24. The average Bonchev–Trinajstić information content (AvgIpc) is 3.26. The molecule has 0 aliphatic rings. The van der Waals surface area contributed by atoms with Crippen molar-refractivity contribution in [2.75, 3.05) is 11.1 Å². The fourth-order valence-electron chi connectivity index (χ4n) is 3.38. The number of aromatic amines is 1. The van der Waals surface area contributed by atoms with Crippen LogP contribution < -0.4 is 15.8 Å². The summed E-state index contributed by atoms with van der Waals surface area (Å²) in [5, 5.41) is 14.5. The van der Waals surface area contributed by atoms with E-state index in [0.29, 0.717) is 18.2 Å². The molecule has 0 aliphatic heterocycles. The molecule has 0 saturated carbocycles. The van der Waals surface area contributed by atoms with Crippen molar-refractivity contribution in [1.29, 1.82) is 0 Å². The van der Waals surface area contributed by atoms with Crippen LogP contribution in [0.3, 0.4) is 0 Å². The molecule has 4 aromatic rings. The number of hydrogen-bond acceptors (Lipinski definition) is 8. The molecule has 0 atom stereocenters. The van der Waals surface area contributed by atoms with Crippen molar-refractivity contribution in [3.05, 3.63) is 65.1 Å². The summed E-state index contributed by atoms with van der Waals surface area (Å²) in [6.45, 7) is 4.63. The number of anilines is 2. The van der Waals surface area contributed by atoms with E-state index < -0.39 is 5.97 Å². The fourth-order valence-corrected chi connectivity index (χ4v) is 3.38. The third-order valence-corrected chi connectivity index (χ3v) is 4.99. The SMILES string of the molecule is Cc1cc2c(N)nccc2c(C)c1CNc1cc(OCc2cnc[nH]2)nc(C(=O)O)n1. The van der Waals surface area contributed by atoms with Gasteiger partial charge < -0.3 is 25.9 Å². The van der Waals surface area contributed by atoms with Crippen LogP contribution in [0.2, 0.25) is 0 Å². The molecule has 5 N–H and O–H groups in total. The Morgan fingerprint density at radius 3 is 2.84 bits per heavy atom. The summed E-state index contributed by atoms with van der Waals surface area (Å²) in [7, 11) is 0. The maximum atomic E-state index is 11.5. The van der Waals surface area contributed by atoms with Crippen LogP contribution in [0.1, 0.15) is 33.0 Å². The van der Waals surface area contributed by atoms with Gasteiger partial charge in [0.05, 0.1) is 18.2 Å². The van der Waals surface area contributed by atoms with E-state index in [1.165, 1.54) is 6.33 Å². The minimum absolute atomic E-state index is 0.148. The number of fused-ring (bicyclic) bond motifs is 1. The predicted octanol–water partition coefficient (Wildman–Crippen LogP) is 2.84. The summed E-state index contributed by atoms with van der Waals surface area (Å²) < 4.78 is 5.61. The zero-order valence-electron chi connectivity index (χ0n) is 17.0. The highest BCUT2D eigenvalue weighted by Crippen LogP contribution is 2.28. The number of hydrogen-bond donors (Lipinski definition) is 4. The molecular weight excluding hydrogens is 398 g/mol. The monoisotopic (exact) mass is 419 g/mol. The Balaban J connectivity index is 1.59. The Labute approximate surface area is 177 Å². The van der Waals surface area contributed by atoms with Crippen LogP contribution in [0, 0.1) is 13.8 Å². The molecule has 0 spiro atoms. The van der Waals surface area contributed by atoms with Crippen LogP contribution in [0.5, 0.6) is 5.88 Å². The van der Waals surface area contributed by atoms with Gasteiger partial charge in [0.2, 0.25) is 11.7 Å². The topological polar surface area (TPSA) is 152 Å². The Hall–Kier alpha value is -4.21. The summed E-state index contributed by atoms with van der Waals surface area (Å²) >= 11 is 0. The number of nitrogens with two attached hydrogens (primary N) is 1. The Morgan fingerprint density at radius 2 is 2.10 bits per heavy atom. The number of benzene rings is 1. The number of carboxylic acids is 1. The van der Waals surface area contributed by atoms with Crippen LogP contribution in [0.4, 0.5) is 11.6 Å². The number of nitrogens with zero attached hydrogens (tertiary/aromatic N) is 4. The summed E-state index contributed by atoms with van der Waals surface area (Å²) in [5.41, 5.74) is 9.93. The van der Waals surface area contributed by atoms with E-state index in [2.05, 4.69) is 30.2 Å². The zero-order chi connectivity index (χ0) is 22.0. The van der Waals surface area contributed by atoms with Gasteiger partial charge in [-0.2, -0.15) is 4.98 Å². The van der Waals surface area contributed by atoms with Gasteiger partial charge in [-0.25, -0.2) is 19.7 Å². The van der Waals surface area contributed by atoms with Gasteiger partial charge in [-0.1, -0.05) is 0 Å². The van der Waals surface area contributed by atoms with Crippen molar-refractivity contribution in [3.8, 4) is 5.88 Å². The lowest BCUT2D eigenvalue weighted by Crippen LogP contribution is -2.11. The number of carboxylic acid groups (broad SMARTS) is 1. The lowest BCUT2D eigenvalue weighted by Gasteiger charge is -2.15. The standard InChI is InChI=1S/C21H21N7O3/c1-11-5-15-14(3-4-24-19(15)22)12(2)16(11)8-25-17-6-18(28-20(27-17)21(29)30)31-9-13-7-23-10-26-13/h3-7,10H,8-9H2,1-2H3,(H2,22,24)(H,23,26)(H,29,30)(H,25,27,28). The van der Waals surface area contributed by atoms with E-state index >= 15 is 0 Å². The quantitative estimate of drug-likeness (QED) is 0.354. The highest BCUT2D eigenvalue weighted by molar-refractivity contribution is 5.94. The van der Waals surface area contributed by atoms with Gasteiger partial charge >= 0.3 is 5.97 Å². The number of aryl methyl sites for hydroxylation is 2. The molecule has 0 unspecified atom stereocenters. The maximum Gasteiger partial charge on any atom is 0.374 e. The van der Waals surface area contributed by atoms with Gasteiger partial charge in [-0.05, 0) is 48.1 Å². The first-order chi connectivity index (χ1) is 14.9. The number of H-pyrrole nitrogens is 1. The molecule has 1 aromatic carbocycles. The number of imidazole rings is 1. The number of pyridine rings is 1. The van der Waals surface area contributed by atoms with Gasteiger partial charge in [0.1, 0.15) is 18.2 Å². The molecule has 4 rings (SSSR count). The number of nitrogen functional groups attached to an aromatic ring is 1. The van der Waals surface area contributed by atoms with Crippen molar-refractivity contribution in [2.45, 2.75) is 27.0 Å². The fraction of sp³-hybridized carbons (Fsp3) is 0.190. The second kappa shape index (κ2) is 8.27. The van der Waals surface area contributed by atoms with Crippen LogP contribution in [-0.4, -0.2) is 36.0 Å². The Kier molecular flexibility index (Phi) is 5.35. The molecular formula is C21H21N7O3. The maximum absolute atomic E-state index is 11.5. The molecule has 0 saturated heterocycles. The summed E-state index contributed by atoms with van der Waals surface area (Å²) in [4.78, 5) is 30.5. The Morgan fingerprint density at radius 1 is 1.26 bits per heavy atom. The predicted molar refractivity (Wildman–Crippen MR) is 115 cm³/mol. The van der Waals surface area contributed by atoms with Crippen molar-refractivity contribution in [2.24, 2.45) is 0 Å². The highest BCUT2D eigenvalue weighted by Gasteiger charge is 2.14. The second-order valence-corrected chi connectivity index (χ2v) is 7.03. The average molecular weight is 419 g/mol. The third kappa shape index (κ3) is 4.22. The highest BCUT2D eigenvalue weighted by atomic mass is 16.5. The lowest BCUT2D eigenvalue weighted by atomic mass is 9.96.